The van der Waals surface area contributed by atoms with Crippen LogP contribution in [0.1, 0.15) is 65.3 Å². The average molecular weight is 674 g/mol. The molecule has 0 saturated carbocycles. The van der Waals surface area contributed by atoms with Crippen molar-refractivity contribution in [2.24, 2.45) is 11.5 Å². The molecule has 0 aliphatic heterocycles. The van der Waals surface area contributed by atoms with Crippen LogP contribution in [0.2, 0.25) is 0 Å². The molecule has 2 aromatic heterocycles. The van der Waals surface area contributed by atoms with Gasteiger partial charge in [-0.2, -0.15) is 9.97 Å². The molecule has 49 heavy (non-hydrogen) atoms. The van der Waals surface area contributed by atoms with Gasteiger partial charge in [0.15, 0.2) is 11.2 Å². The van der Waals surface area contributed by atoms with Crippen LogP contribution in [-0.2, 0) is 14.3 Å². The molecule has 2 heterocycles. The molecule has 0 aliphatic carbocycles. The van der Waals surface area contributed by atoms with E-state index in [0.29, 0.717) is 18.7 Å². The Morgan fingerprint density at radius 1 is 0.918 bits per heavy atom. The molecule has 0 radical (unpaired) electrons. The molecule has 4 rings (SSSR count). The van der Waals surface area contributed by atoms with Crippen molar-refractivity contribution in [2.75, 3.05) is 33.8 Å². The first-order chi connectivity index (χ1) is 23.3. The lowest BCUT2D eigenvalue weighted by molar-refractivity contribution is -0.148. The smallest absolute Gasteiger partial charge is 0.329 e. The van der Waals surface area contributed by atoms with Crippen LogP contribution < -0.4 is 20.9 Å². The number of aryl methyl sites for hydroxylation is 1. The Labute approximate surface area is 282 Å². The van der Waals surface area contributed by atoms with E-state index in [-0.39, 0.29) is 75.8 Å². The lowest BCUT2D eigenvalue weighted by Gasteiger charge is -2.21. The van der Waals surface area contributed by atoms with Crippen molar-refractivity contribution in [2.45, 2.75) is 40.2 Å². The Bertz CT molecular complexity index is 1920. The van der Waals surface area contributed by atoms with Crippen molar-refractivity contribution < 1.29 is 33.4 Å². The molecule has 16 heteroatoms. The minimum atomic E-state index is -1.25. The van der Waals surface area contributed by atoms with Crippen molar-refractivity contribution >= 4 is 40.7 Å². The Morgan fingerprint density at radius 3 is 2.24 bits per heavy atom. The van der Waals surface area contributed by atoms with E-state index in [1.807, 2.05) is 13.8 Å². The maximum absolute atomic E-state index is 13.5. The van der Waals surface area contributed by atoms with Crippen molar-refractivity contribution in [1.82, 2.24) is 29.3 Å². The number of nitrogens with two attached hydrogens (primary N) is 2. The number of fused-ring (bicyclic) bond motifs is 1. The first-order valence-electron chi connectivity index (χ1n) is 15.5. The third kappa shape index (κ3) is 7.91. The Morgan fingerprint density at radius 2 is 1.63 bits per heavy atom. The lowest BCUT2D eigenvalue weighted by Crippen LogP contribution is -2.30. The van der Waals surface area contributed by atoms with Crippen LogP contribution >= 0.6 is 0 Å². The Hall–Kier alpha value is -6.06. The zero-order valence-electron chi connectivity index (χ0n) is 28.1. The largest absolute Gasteiger partial charge is 0.464 e. The Balaban J connectivity index is 1.97. The fraction of sp³-hybridized carbons (Fsp3) is 0.333. The van der Waals surface area contributed by atoms with E-state index in [0.717, 1.165) is 0 Å². The van der Waals surface area contributed by atoms with E-state index in [9.17, 15) is 19.2 Å². The second-order valence-electron chi connectivity index (χ2n) is 11.0. The zero-order chi connectivity index (χ0) is 36.0. The highest BCUT2D eigenvalue weighted by atomic mass is 16.5. The standard InChI is InChI=1S/C33H39N9O7/c1-7-41(8-2)31(45)22-14-13-19(27(35)36)16-24(22)49-33-38-28-26(37-18(4)42(28)23(17-25(34)43)32(46)47-9-3)29(39-33)48-21-12-10-11-20(15-21)30(44)40(5)6/h10-16,23H,7-9,17H2,1-6H3,(H2,34,43)(H3,35,36). The summed E-state index contributed by atoms with van der Waals surface area (Å²) in [7, 11) is 3.24. The van der Waals surface area contributed by atoms with Crippen LogP contribution in [0.3, 0.4) is 0 Å². The number of nitrogens with one attached hydrogen (secondary N) is 1. The fourth-order valence-corrected chi connectivity index (χ4v) is 5.03. The van der Waals surface area contributed by atoms with Crippen LogP contribution in [0.15, 0.2) is 42.5 Å². The van der Waals surface area contributed by atoms with Gasteiger partial charge in [0, 0.05) is 38.3 Å². The van der Waals surface area contributed by atoms with Crippen molar-refractivity contribution in [1.29, 1.82) is 5.41 Å². The molecule has 4 aromatic rings. The minimum absolute atomic E-state index is 0.00431. The average Bonchev–Trinajstić information content (AvgIpc) is 3.39. The van der Waals surface area contributed by atoms with Crippen LogP contribution in [0.5, 0.6) is 23.4 Å². The van der Waals surface area contributed by atoms with Gasteiger partial charge in [-0.15, -0.1) is 0 Å². The van der Waals surface area contributed by atoms with Gasteiger partial charge in [-0.1, -0.05) is 12.1 Å². The summed E-state index contributed by atoms with van der Waals surface area (Å²) >= 11 is 0. The molecular formula is C33H39N9O7. The molecule has 5 N–H and O–H groups in total. The SMILES string of the molecule is CCOC(=O)C(CC(N)=O)n1c(C)nc2c(Oc3cccc(C(=O)N(C)C)c3)nc(Oc3cc(C(=N)N)ccc3C(=O)N(CC)CC)nc21. The number of nitrogen functional groups attached to an aromatic ring is 1. The van der Waals surface area contributed by atoms with Crippen LogP contribution in [0.4, 0.5) is 0 Å². The van der Waals surface area contributed by atoms with Crippen LogP contribution in [0.25, 0.3) is 11.2 Å². The Kier molecular flexibility index (Phi) is 11.1. The summed E-state index contributed by atoms with van der Waals surface area (Å²) in [5, 5.41) is 7.95. The van der Waals surface area contributed by atoms with Gasteiger partial charge in [0.2, 0.25) is 5.91 Å². The molecule has 0 fully saturated rings. The number of imidazole rings is 1. The number of hydrogen-bond donors (Lipinski definition) is 3. The summed E-state index contributed by atoms with van der Waals surface area (Å²) in [6.07, 6.45) is -0.431. The zero-order valence-corrected chi connectivity index (χ0v) is 28.1. The molecule has 1 unspecified atom stereocenters. The maximum atomic E-state index is 13.5. The van der Waals surface area contributed by atoms with Gasteiger partial charge in [-0.25, -0.2) is 9.78 Å². The van der Waals surface area contributed by atoms with Gasteiger partial charge in [0.1, 0.15) is 29.2 Å². The molecule has 3 amide bonds. The van der Waals surface area contributed by atoms with Gasteiger partial charge in [-0.3, -0.25) is 24.4 Å². The number of carbonyl (C=O) groups excluding carboxylic acids is 4. The van der Waals surface area contributed by atoms with Gasteiger partial charge >= 0.3 is 12.0 Å². The van der Waals surface area contributed by atoms with E-state index in [4.69, 9.17) is 31.1 Å². The van der Waals surface area contributed by atoms with Crippen molar-refractivity contribution in [3.05, 3.63) is 65.0 Å². The number of benzene rings is 2. The molecular weight excluding hydrogens is 634 g/mol. The first kappa shape index (κ1) is 35.8. The van der Waals surface area contributed by atoms with Gasteiger partial charge in [-0.05, 0) is 58.0 Å². The van der Waals surface area contributed by atoms with E-state index in [2.05, 4.69) is 15.0 Å². The van der Waals surface area contributed by atoms with Gasteiger partial charge < -0.3 is 35.5 Å². The number of hydrogen-bond acceptors (Lipinski definition) is 11. The number of primary amides is 1. The number of esters is 1. The molecule has 16 nitrogen and oxygen atoms in total. The number of amidine groups is 1. The summed E-state index contributed by atoms with van der Waals surface area (Å²) in [5.74, 6) is -2.06. The predicted octanol–water partition coefficient (Wildman–Crippen LogP) is 3.17. The van der Waals surface area contributed by atoms with Gasteiger partial charge in [0.05, 0.1) is 18.6 Å². The molecule has 1 atom stereocenters. The second kappa shape index (κ2) is 15.2. The van der Waals surface area contributed by atoms with Crippen molar-refractivity contribution in [3.63, 3.8) is 0 Å². The predicted molar refractivity (Wildman–Crippen MR) is 179 cm³/mol. The monoisotopic (exact) mass is 673 g/mol. The normalized spacial score (nSPS) is 11.5. The molecule has 0 saturated heterocycles. The van der Waals surface area contributed by atoms with Crippen LogP contribution in [0, 0.1) is 12.3 Å². The number of aromatic nitrogens is 4. The highest BCUT2D eigenvalue weighted by Gasteiger charge is 2.31. The third-order valence-electron chi connectivity index (χ3n) is 7.41. The van der Waals surface area contributed by atoms with E-state index >= 15 is 0 Å². The number of amides is 3. The molecule has 2 aromatic carbocycles. The fourth-order valence-electron chi connectivity index (χ4n) is 5.03. The summed E-state index contributed by atoms with van der Waals surface area (Å²) in [6, 6.07) is 9.24. The number of carbonyl (C=O) groups is 4. The molecule has 0 spiro atoms. The number of rotatable bonds is 14. The third-order valence-corrected chi connectivity index (χ3v) is 7.41. The van der Waals surface area contributed by atoms with Gasteiger partial charge in [0.25, 0.3) is 17.7 Å². The number of ether oxygens (including phenoxy) is 3. The topological polar surface area (TPSA) is 222 Å². The summed E-state index contributed by atoms with van der Waals surface area (Å²) in [6.45, 7) is 7.77. The van der Waals surface area contributed by atoms with E-state index < -0.39 is 24.3 Å². The molecule has 0 aliphatic rings. The van der Waals surface area contributed by atoms with E-state index in [1.165, 1.54) is 33.7 Å². The molecule has 0 bridgehead atoms. The summed E-state index contributed by atoms with van der Waals surface area (Å²) < 4.78 is 19.0. The minimum Gasteiger partial charge on any atom is -0.464 e. The first-order valence-corrected chi connectivity index (χ1v) is 15.5. The second-order valence-corrected chi connectivity index (χ2v) is 11.0. The van der Waals surface area contributed by atoms with E-state index in [1.54, 1.807) is 51.0 Å². The highest BCUT2D eigenvalue weighted by Crippen LogP contribution is 2.35. The highest BCUT2D eigenvalue weighted by molar-refractivity contribution is 6.00. The van der Waals surface area contributed by atoms with Crippen LogP contribution in [-0.4, -0.2) is 92.6 Å². The summed E-state index contributed by atoms with van der Waals surface area (Å²) in [4.78, 5) is 68.0. The van der Waals surface area contributed by atoms with Crippen molar-refractivity contribution in [3.8, 4) is 23.4 Å². The number of nitrogens with zero attached hydrogens (tertiary/aromatic N) is 6. The lowest BCUT2D eigenvalue weighted by atomic mass is 10.1. The maximum Gasteiger partial charge on any atom is 0.329 e. The molecule has 258 valence electrons. The summed E-state index contributed by atoms with van der Waals surface area (Å²) in [5.41, 5.74) is 12.2. The quantitative estimate of drug-likeness (QED) is 0.100.